The molecule has 0 aliphatic heterocycles. The molecule has 2 heteroatoms. The van der Waals surface area contributed by atoms with E-state index in [9.17, 15) is 0 Å². The number of hydrogen-bond acceptors (Lipinski definition) is 1. The average Bonchev–Trinajstić information content (AvgIpc) is 2.18. The molecule has 11 heavy (non-hydrogen) atoms. The van der Waals surface area contributed by atoms with Crippen LogP contribution in [-0.2, 0) is 6.54 Å². The third-order valence-corrected chi connectivity index (χ3v) is 1.86. The summed E-state index contributed by atoms with van der Waals surface area (Å²) in [5.41, 5.74) is 2.42. The monoisotopic (exact) mass is 153 g/mol. The fourth-order valence-electron chi connectivity index (χ4n) is 1.25. The zero-order valence-electron chi connectivity index (χ0n) is 7.33. The van der Waals surface area contributed by atoms with Crippen LogP contribution in [0.25, 0.3) is 0 Å². The molecule has 0 bridgehead atoms. The van der Waals surface area contributed by atoms with Crippen LogP contribution >= 0.6 is 0 Å². The lowest BCUT2D eigenvalue weighted by molar-refractivity contribution is 0.172. The van der Waals surface area contributed by atoms with Gasteiger partial charge in [0.25, 0.3) is 0 Å². The Labute approximate surface area is 67.5 Å². The van der Waals surface area contributed by atoms with Gasteiger partial charge in [0, 0.05) is 17.9 Å². The molecule has 1 rings (SSSR count). The first-order chi connectivity index (χ1) is 5.11. The second-order valence-electron chi connectivity index (χ2n) is 3.08. The van der Waals surface area contributed by atoms with Gasteiger partial charge in [0.1, 0.15) is 0 Å². The lowest BCUT2D eigenvalue weighted by Crippen LogP contribution is -2.13. The van der Waals surface area contributed by atoms with Crippen LogP contribution in [0.1, 0.15) is 18.3 Å². The van der Waals surface area contributed by atoms with Gasteiger partial charge in [-0.1, -0.05) is 0 Å². The standard InChI is InChI=1S/C9H15NO/c1-7-4-5-8(2)10(7)6-9(3)11/h4-5,9,11H,6H2,1-3H3/t9-/m1/s1. The summed E-state index contributed by atoms with van der Waals surface area (Å²) in [6.07, 6.45) is -0.264. The van der Waals surface area contributed by atoms with E-state index in [1.807, 2.05) is 0 Å². The van der Waals surface area contributed by atoms with E-state index in [0.29, 0.717) is 6.54 Å². The molecule has 1 N–H and O–H groups in total. The van der Waals surface area contributed by atoms with E-state index in [2.05, 4.69) is 30.5 Å². The number of aliphatic hydroxyl groups is 1. The summed E-state index contributed by atoms with van der Waals surface area (Å²) in [6.45, 7) is 6.61. The van der Waals surface area contributed by atoms with E-state index in [-0.39, 0.29) is 6.10 Å². The Morgan fingerprint density at radius 3 is 2.18 bits per heavy atom. The molecule has 0 amide bonds. The van der Waals surface area contributed by atoms with Crippen LogP contribution in [0.5, 0.6) is 0 Å². The van der Waals surface area contributed by atoms with Gasteiger partial charge in [0.15, 0.2) is 0 Å². The van der Waals surface area contributed by atoms with Crippen molar-refractivity contribution in [1.82, 2.24) is 4.57 Å². The molecule has 1 atom stereocenters. The Morgan fingerprint density at radius 2 is 1.82 bits per heavy atom. The number of aromatic nitrogens is 1. The molecule has 0 unspecified atom stereocenters. The van der Waals surface area contributed by atoms with Crippen LogP contribution in [0.4, 0.5) is 0 Å². The number of nitrogens with zero attached hydrogens (tertiary/aromatic N) is 1. The lowest BCUT2D eigenvalue weighted by Gasteiger charge is -2.10. The van der Waals surface area contributed by atoms with Crippen LogP contribution < -0.4 is 0 Å². The quantitative estimate of drug-likeness (QED) is 0.684. The second-order valence-corrected chi connectivity index (χ2v) is 3.08. The fraction of sp³-hybridized carbons (Fsp3) is 0.556. The topological polar surface area (TPSA) is 25.2 Å². The molecule has 0 fully saturated rings. The van der Waals surface area contributed by atoms with Gasteiger partial charge >= 0.3 is 0 Å². The summed E-state index contributed by atoms with van der Waals surface area (Å²) < 4.78 is 2.12. The molecule has 62 valence electrons. The van der Waals surface area contributed by atoms with Crippen molar-refractivity contribution in [3.63, 3.8) is 0 Å². The molecule has 0 spiro atoms. The highest BCUT2D eigenvalue weighted by molar-refractivity contribution is 5.13. The SMILES string of the molecule is Cc1ccc(C)n1C[C@@H](C)O. The summed E-state index contributed by atoms with van der Waals surface area (Å²) in [5, 5.41) is 9.15. The van der Waals surface area contributed by atoms with Gasteiger partial charge in [0.05, 0.1) is 6.10 Å². The molecular weight excluding hydrogens is 138 g/mol. The Morgan fingerprint density at radius 1 is 1.36 bits per heavy atom. The first kappa shape index (κ1) is 8.34. The highest BCUT2D eigenvalue weighted by Crippen LogP contribution is 2.07. The van der Waals surface area contributed by atoms with Gasteiger partial charge in [-0.05, 0) is 32.9 Å². The molecule has 1 heterocycles. The van der Waals surface area contributed by atoms with E-state index >= 15 is 0 Å². The van der Waals surface area contributed by atoms with Crippen LogP contribution in [0, 0.1) is 13.8 Å². The smallest absolute Gasteiger partial charge is 0.0691 e. The van der Waals surface area contributed by atoms with Gasteiger partial charge in [-0.25, -0.2) is 0 Å². The Bertz CT molecular complexity index is 218. The van der Waals surface area contributed by atoms with E-state index in [0.717, 1.165) is 0 Å². The minimum absolute atomic E-state index is 0.264. The first-order valence-corrected chi connectivity index (χ1v) is 3.92. The Kier molecular flexibility index (Phi) is 2.35. The predicted octanol–water partition coefficient (Wildman–Crippen LogP) is 1.49. The van der Waals surface area contributed by atoms with Crippen LogP contribution in [0.2, 0.25) is 0 Å². The van der Waals surface area contributed by atoms with Crippen molar-refractivity contribution >= 4 is 0 Å². The van der Waals surface area contributed by atoms with Crippen LogP contribution in [-0.4, -0.2) is 15.8 Å². The van der Waals surface area contributed by atoms with Crippen molar-refractivity contribution in [2.75, 3.05) is 0 Å². The molecule has 0 radical (unpaired) electrons. The second kappa shape index (κ2) is 3.09. The third-order valence-electron chi connectivity index (χ3n) is 1.86. The molecule has 1 aromatic rings. The van der Waals surface area contributed by atoms with Crippen molar-refractivity contribution < 1.29 is 5.11 Å². The minimum Gasteiger partial charge on any atom is -0.392 e. The Balaban J connectivity index is 2.83. The molecule has 0 saturated carbocycles. The van der Waals surface area contributed by atoms with Crippen molar-refractivity contribution in [2.24, 2.45) is 0 Å². The molecule has 0 aromatic carbocycles. The van der Waals surface area contributed by atoms with Crippen molar-refractivity contribution in [3.05, 3.63) is 23.5 Å². The molecule has 0 aliphatic carbocycles. The number of aliphatic hydroxyl groups excluding tert-OH is 1. The molecule has 0 saturated heterocycles. The third kappa shape index (κ3) is 1.84. The summed E-state index contributed by atoms with van der Waals surface area (Å²) in [7, 11) is 0. The molecule has 2 nitrogen and oxygen atoms in total. The maximum absolute atomic E-state index is 9.15. The van der Waals surface area contributed by atoms with Crippen molar-refractivity contribution in [1.29, 1.82) is 0 Å². The van der Waals surface area contributed by atoms with E-state index < -0.39 is 0 Å². The molecular formula is C9H15NO. The number of rotatable bonds is 2. The van der Waals surface area contributed by atoms with Gasteiger partial charge in [-0.3, -0.25) is 0 Å². The number of aryl methyl sites for hydroxylation is 2. The summed E-state index contributed by atoms with van der Waals surface area (Å²) in [6, 6.07) is 4.13. The van der Waals surface area contributed by atoms with Gasteiger partial charge in [0.2, 0.25) is 0 Å². The minimum atomic E-state index is -0.264. The molecule has 1 aromatic heterocycles. The zero-order valence-corrected chi connectivity index (χ0v) is 7.33. The van der Waals surface area contributed by atoms with Crippen LogP contribution in [0.3, 0.4) is 0 Å². The predicted molar refractivity (Wildman–Crippen MR) is 45.6 cm³/mol. The normalized spacial score (nSPS) is 13.5. The average molecular weight is 153 g/mol. The largest absolute Gasteiger partial charge is 0.392 e. The van der Waals surface area contributed by atoms with Crippen LogP contribution in [0.15, 0.2) is 12.1 Å². The Hall–Kier alpha value is -0.760. The van der Waals surface area contributed by atoms with E-state index in [1.165, 1.54) is 11.4 Å². The lowest BCUT2D eigenvalue weighted by atomic mass is 10.4. The first-order valence-electron chi connectivity index (χ1n) is 3.92. The fourth-order valence-corrected chi connectivity index (χ4v) is 1.25. The van der Waals surface area contributed by atoms with E-state index in [4.69, 9.17) is 5.11 Å². The highest BCUT2D eigenvalue weighted by Gasteiger charge is 2.02. The molecule has 0 aliphatic rings. The van der Waals surface area contributed by atoms with E-state index in [1.54, 1.807) is 6.92 Å². The van der Waals surface area contributed by atoms with Gasteiger partial charge < -0.3 is 9.67 Å². The van der Waals surface area contributed by atoms with Gasteiger partial charge in [-0.2, -0.15) is 0 Å². The van der Waals surface area contributed by atoms with Crippen molar-refractivity contribution in [2.45, 2.75) is 33.4 Å². The highest BCUT2D eigenvalue weighted by atomic mass is 16.3. The summed E-state index contributed by atoms with van der Waals surface area (Å²) >= 11 is 0. The number of hydrogen-bond donors (Lipinski definition) is 1. The summed E-state index contributed by atoms with van der Waals surface area (Å²) in [5.74, 6) is 0. The summed E-state index contributed by atoms with van der Waals surface area (Å²) in [4.78, 5) is 0. The maximum Gasteiger partial charge on any atom is 0.0691 e. The van der Waals surface area contributed by atoms with Crippen molar-refractivity contribution in [3.8, 4) is 0 Å². The van der Waals surface area contributed by atoms with Gasteiger partial charge in [-0.15, -0.1) is 0 Å². The zero-order chi connectivity index (χ0) is 8.43. The maximum atomic E-state index is 9.15.